The molecule has 0 aliphatic heterocycles. The van der Waals surface area contributed by atoms with E-state index in [-0.39, 0.29) is 24.5 Å². The summed E-state index contributed by atoms with van der Waals surface area (Å²) >= 11 is 0. The predicted molar refractivity (Wildman–Crippen MR) is 97.1 cm³/mol. The van der Waals surface area contributed by atoms with Crippen molar-refractivity contribution < 1.29 is 14.6 Å². The zero-order valence-corrected chi connectivity index (χ0v) is 15.1. The lowest BCUT2D eigenvalue weighted by Gasteiger charge is -2.35. The van der Waals surface area contributed by atoms with Crippen LogP contribution >= 0.6 is 0 Å². The number of ether oxygens (including phenoxy) is 1. The summed E-state index contributed by atoms with van der Waals surface area (Å²) in [5.74, 6) is 1.41. The molecular weight excluding hydrogens is 348 g/mol. The monoisotopic (exact) mass is 370 g/mol. The van der Waals surface area contributed by atoms with E-state index in [1.54, 1.807) is 7.11 Å². The van der Waals surface area contributed by atoms with Gasteiger partial charge in [0.1, 0.15) is 12.4 Å². The van der Waals surface area contributed by atoms with E-state index in [2.05, 4.69) is 25.7 Å². The molecule has 1 saturated carbocycles. The Labute approximate surface area is 155 Å². The van der Waals surface area contributed by atoms with Crippen molar-refractivity contribution in [3.8, 4) is 0 Å². The van der Waals surface area contributed by atoms with Gasteiger partial charge in [0, 0.05) is 31.0 Å². The number of aliphatic hydroxyl groups is 1. The van der Waals surface area contributed by atoms with Crippen LogP contribution < -0.4 is 5.32 Å². The van der Waals surface area contributed by atoms with Gasteiger partial charge < -0.3 is 19.7 Å². The molecule has 3 aromatic rings. The number of nitrogens with zero attached hydrogens (tertiary/aromatic N) is 4. The highest BCUT2D eigenvalue weighted by atomic mass is 16.5. The second-order valence-electron chi connectivity index (χ2n) is 6.73. The summed E-state index contributed by atoms with van der Waals surface area (Å²) in [6, 6.07) is 7.64. The Morgan fingerprint density at radius 3 is 2.96 bits per heavy atom. The van der Waals surface area contributed by atoms with E-state index < -0.39 is 0 Å². The smallest absolute Gasteiger partial charge is 0.272 e. The highest BCUT2D eigenvalue weighted by Crippen LogP contribution is 2.36. The van der Waals surface area contributed by atoms with Crippen molar-refractivity contribution in [1.29, 1.82) is 0 Å². The van der Waals surface area contributed by atoms with Gasteiger partial charge in [0.25, 0.3) is 5.91 Å². The Hall–Kier alpha value is -2.78. The van der Waals surface area contributed by atoms with Crippen LogP contribution in [-0.2, 0) is 17.9 Å². The molecular formula is C18H22N6O3. The molecule has 0 atom stereocenters. The third-order valence-corrected chi connectivity index (χ3v) is 5.04. The van der Waals surface area contributed by atoms with Crippen LogP contribution in [0.25, 0.3) is 10.9 Å². The van der Waals surface area contributed by atoms with Crippen LogP contribution in [0.4, 0.5) is 0 Å². The summed E-state index contributed by atoms with van der Waals surface area (Å²) in [7, 11) is 1.64. The Morgan fingerprint density at radius 1 is 1.37 bits per heavy atom. The van der Waals surface area contributed by atoms with E-state index in [9.17, 15) is 9.90 Å². The Balaban J connectivity index is 1.40. The number of aromatic amines is 1. The van der Waals surface area contributed by atoms with Crippen LogP contribution in [0.5, 0.6) is 0 Å². The number of fused-ring (bicyclic) bond motifs is 1. The molecule has 0 bridgehead atoms. The van der Waals surface area contributed by atoms with Gasteiger partial charge in [0.15, 0.2) is 11.5 Å². The SMILES string of the molecule is COCCn1c(CO)nnc1C1CC(NC(=O)c2n[nH]c3ccccc23)C1. The van der Waals surface area contributed by atoms with Crippen molar-refractivity contribution in [1.82, 2.24) is 30.3 Å². The van der Waals surface area contributed by atoms with Crippen LogP contribution in [0.1, 0.15) is 40.9 Å². The number of methoxy groups -OCH3 is 1. The van der Waals surface area contributed by atoms with E-state index in [1.807, 2.05) is 28.8 Å². The van der Waals surface area contributed by atoms with Crippen molar-refractivity contribution in [3.63, 3.8) is 0 Å². The van der Waals surface area contributed by atoms with E-state index in [4.69, 9.17) is 4.74 Å². The molecule has 9 nitrogen and oxygen atoms in total. The van der Waals surface area contributed by atoms with Gasteiger partial charge in [-0.25, -0.2) is 0 Å². The first-order valence-electron chi connectivity index (χ1n) is 8.97. The minimum atomic E-state index is -0.173. The molecule has 27 heavy (non-hydrogen) atoms. The number of benzene rings is 1. The standard InChI is InChI=1S/C18H22N6O3/c1-27-7-6-24-15(10-25)21-23-17(24)11-8-12(9-11)19-18(26)16-13-4-2-3-5-14(13)20-22-16/h2-5,11-12,25H,6-10H2,1H3,(H,19,26)(H,20,22). The molecule has 142 valence electrons. The number of hydrogen-bond donors (Lipinski definition) is 3. The molecule has 0 spiro atoms. The topological polar surface area (TPSA) is 118 Å². The maximum absolute atomic E-state index is 12.5. The number of para-hydroxylation sites is 1. The second-order valence-corrected chi connectivity index (χ2v) is 6.73. The number of aliphatic hydroxyl groups excluding tert-OH is 1. The zero-order valence-electron chi connectivity index (χ0n) is 15.1. The number of hydrogen-bond acceptors (Lipinski definition) is 6. The zero-order chi connectivity index (χ0) is 18.8. The quantitative estimate of drug-likeness (QED) is 0.570. The molecule has 1 fully saturated rings. The first kappa shape index (κ1) is 17.6. The van der Waals surface area contributed by atoms with E-state index in [1.165, 1.54) is 0 Å². The van der Waals surface area contributed by atoms with Gasteiger partial charge >= 0.3 is 0 Å². The molecule has 2 aromatic heterocycles. The lowest BCUT2D eigenvalue weighted by molar-refractivity contribution is 0.0902. The molecule has 1 amide bonds. The highest BCUT2D eigenvalue weighted by molar-refractivity contribution is 6.04. The molecule has 0 radical (unpaired) electrons. The molecule has 0 unspecified atom stereocenters. The molecule has 1 aliphatic carbocycles. The molecule has 1 aromatic carbocycles. The average molecular weight is 370 g/mol. The highest BCUT2D eigenvalue weighted by Gasteiger charge is 2.36. The van der Waals surface area contributed by atoms with Gasteiger partial charge in [-0.2, -0.15) is 5.10 Å². The normalized spacial score (nSPS) is 19.2. The fourth-order valence-corrected chi connectivity index (χ4v) is 3.53. The third-order valence-electron chi connectivity index (χ3n) is 5.04. The van der Waals surface area contributed by atoms with Gasteiger partial charge in [0.2, 0.25) is 0 Å². The number of H-pyrrole nitrogens is 1. The summed E-state index contributed by atoms with van der Waals surface area (Å²) in [5, 5.41) is 28.6. The van der Waals surface area contributed by atoms with Crippen molar-refractivity contribution in [3.05, 3.63) is 41.6 Å². The average Bonchev–Trinajstić information content (AvgIpc) is 3.26. The van der Waals surface area contributed by atoms with Gasteiger partial charge in [-0.05, 0) is 18.9 Å². The van der Waals surface area contributed by atoms with Crippen LogP contribution in [0.3, 0.4) is 0 Å². The van der Waals surface area contributed by atoms with Crippen molar-refractivity contribution >= 4 is 16.8 Å². The van der Waals surface area contributed by atoms with Crippen LogP contribution in [-0.4, -0.2) is 55.7 Å². The van der Waals surface area contributed by atoms with E-state index in [0.717, 1.165) is 29.6 Å². The van der Waals surface area contributed by atoms with Crippen LogP contribution in [0, 0.1) is 0 Å². The summed E-state index contributed by atoms with van der Waals surface area (Å²) in [5.41, 5.74) is 1.26. The third kappa shape index (κ3) is 3.31. The summed E-state index contributed by atoms with van der Waals surface area (Å²) in [4.78, 5) is 12.5. The summed E-state index contributed by atoms with van der Waals surface area (Å²) in [6.07, 6.45) is 1.56. The van der Waals surface area contributed by atoms with Gasteiger partial charge in [-0.3, -0.25) is 9.89 Å². The maximum Gasteiger partial charge on any atom is 0.272 e. The second kappa shape index (κ2) is 7.45. The fourth-order valence-electron chi connectivity index (χ4n) is 3.53. The van der Waals surface area contributed by atoms with E-state index in [0.29, 0.717) is 24.7 Å². The Bertz CT molecular complexity index is 944. The van der Waals surface area contributed by atoms with Crippen LogP contribution in [0.15, 0.2) is 24.3 Å². The van der Waals surface area contributed by atoms with Crippen molar-refractivity contribution in [2.45, 2.75) is 38.0 Å². The first-order chi connectivity index (χ1) is 13.2. The Kier molecular flexibility index (Phi) is 4.87. The number of carbonyl (C=O) groups is 1. The van der Waals surface area contributed by atoms with E-state index >= 15 is 0 Å². The van der Waals surface area contributed by atoms with Gasteiger partial charge in [0.05, 0.1) is 12.1 Å². The molecule has 3 N–H and O–H groups in total. The predicted octanol–water partition coefficient (Wildman–Crippen LogP) is 0.969. The fraction of sp³-hybridized carbons (Fsp3) is 0.444. The molecule has 1 aliphatic rings. The number of aromatic nitrogens is 5. The molecule has 4 rings (SSSR count). The lowest BCUT2D eigenvalue weighted by atomic mass is 9.79. The van der Waals surface area contributed by atoms with Gasteiger partial charge in [-0.15, -0.1) is 10.2 Å². The lowest BCUT2D eigenvalue weighted by Crippen LogP contribution is -2.44. The largest absolute Gasteiger partial charge is 0.388 e. The van der Waals surface area contributed by atoms with Crippen molar-refractivity contribution in [2.75, 3.05) is 13.7 Å². The molecule has 2 heterocycles. The maximum atomic E-state index is 12.5. The number of carbonyl (C=O) groups excluding carboxylic acids is 1. The number of rotatable bonds is 7. The van der Waals surface area contributed by atoms with Crippen LogP contribution in [0.2, 0.25) is 0 Å². The molecule has 9 heteroatoms. The minimum absolute atomic E-state index is 0.0723. The first-order valence-corrected chi connectivity index (χ1v) is 8.97. The van der Waals surface area contributed by atoms with Crippen molar-refractivity contribution in [2.24, 2.45) is 0 Å². The summed E-state index contributed by atoms with van der Waals surface area (Å²) in [6.45, 7) is 0.967. The Morgan fingerprint density at radius 2 is 2.19 bits per heavy atom. The minimum Gasteiger partial charge on any atom is -0.388 e. The molecule has 0 saturated heterocycles. The summed E-state index contributed by atoms with van der Waals surface area (Å²) < 4.78 is 7.04. The number of amides is 1. The number of nitrogens with one attached hydrogen (secondary N) is 2. The van der Waals surface area contributed by atoms with Gasteiger partial charge in [-0.1, -0.05) is 18.2 Å².